The van der Waals surface area contributed by atoms with E-state index < -0.39 is 11.5 Å². The molecule has 3 aromatic rings. The minimum absolute atomic E-state index is 0.0152. The van der Waals surface area contributed by atoms with E-state index in [1.54, 1.807) is 22.9 Å². The van der Waals surface area contributed by atoms with Crippen molar-refractivity contribution in [2.24, 2.45) is 5.73 Å². The zero-order valence-electron chi connectivity index (χ0n) is 11.2. The topological polar surface area (TPSA) is 80.9 Å². The Morgan fingerprint density at radius 2 is 1.95 bits per heavy atom. The molecule has 0 aliphatic rings. The van der Waals surface area contributed by atoms with E-state index in [0.29, 0.717) is 17.1 Å². The summed E-state index contributed by atoms with van der Waals surface area (Å²) in [7, 11) is 0. The van der Waals surface area contributed by atoms with E-state index in [4.69, 9.17) is 28.9 Å². The fraction of sp³-hybridized carbons (Fsp3) is 0.0667. The van der Waals surface area contributed by atoms with E-state index in [2.05, 4.69) is 11.2 Å². The molecule has 0 aliphatic heterocycles. The van der Waals surface area contributed by atoms with Gasteiger partial charge in [0.05, 0.1) is 28.0 Å². The Hall–Kier alpha value is -2.24. The first-order chi connectivity index (χ1) is 10.5. The third-order valence-electron chi connectivity index (χ3n) is 3.27. The van der Waals surface area contributed by atoms with Crippen molar-refractivity contribution in [1.82, 2.24) is 9.78 Å². The molecule has 3 N–H and O–H groups in total. The molecule has 22 heavy (non-hydrogen) atoms. The van der Waals surface area contributed by atoms with Gasteiger partial charge in [0, 0.05) is 11.1 Å². The summed E-state index contributed by atoms with van der Waals surface area (Å²) in [6.45, 7) is 0.397. The van der Waals surface area contributed by atoms with Crippen molar-refractivity contribution in [2.45, 2.75) is 6.54 Å². The maximum atomic E-state index is 12.1. The van der Waals surface area contributed by atoms with Crippen LogP contribution >= 0.6 is 23.2 Å². The van der Waals surface area contributed by atoms with Gasteiger partial charge >= 0.3 is 0 Å². The minimum atomic E-state index is -0.748. The summed E-state index contributed by atoms with van der Waals surface area (Å²) in [5.41, 5.74) is 6.29. The highest BCUT2D eigenvalue weighted by Crippen LogP contribution is 2.21. The molecule has 1 amide bonds. The van der Waals surface area contributed by atoms with Crippen molar-refractivity contribution in [2.75, 3.05) is 0 Å². The molecule has 1 aromatic heterocycles. The first-order valence-electron chi connectivity index (χ1n) is 6.34. The molecule has 0 unspecified atom stereocenters. The fourth-order valence-corrected chi connectivity index (χ4v) is 2.63. The zero-order valence-corrected chi connectivity index (χ0v) is 12.7. The van der Waals surface area contributed by atoms with E-state index in [-0.39, 0.29) is 16.0 Å². The first-order valence-corrected chi connectivity index (χ1v) is 7.10. The third kappa shape index (κ3) is 2.61. The van der Waals surface area contributed by atoms with Gasteiger partial charge in [0.1, 0.15) is 0 Å². The number of halogens is 2. The summed E-state index contributed by atoms with van der Waals surface area (Å²) >= 11 is 11.8. The molecule has 111 valence electrons. The molecule has 2 aromatic carbocycles. The predicted molar refractivity (Wildman–Crippen MR) is 85.5 cm³/mol. The SMILES string of the molecule is NC(=O)c1[c]c(Cl)cc2c1c(=O)[nH]n2Cc1ccc(Cl)cc1. The Morgan fingerprint density at radius 1 is 1.27 bits per heavy atom. The van der Waals surface area contributed by atoms with Crippen LogP contribution < -0.4 is 11.3 Å². The molecule has 7 heteroatoms. The Morgan fingerprint density at radius 3 is 2.59 bits per heavy atom. The zero-order chi connectivity index (χ0) is 15.9. The van der Waals surface area contributed by atoms with Crippen LogP contribution in [0.3, 0.4) is 0 Å². The van der Waals surface area contributed by atoms with Gasteiger partial charge in [-0.3, -0.25) is 19.4 Å². The molecule has 0 saturated heterocycles. The van der Waals surface area contributed by atoms with Crippen molar-refractivity contribution in [3.05, 3.63) is 67.9 Å². The molecule has 0 fully saturated rings. The Labute approximate surface area is 135 Å². The Bertz CT molecular complexity index is 926. The van der Waals surface area contributed by atoms with E-state index in [9.17, 15) is 9.59 Å². The van der Waals surface area contributed by atoms with Gasteiger partial charge < -0.3 is 5.73 Å². The van der Waals surface area contributed by atoms with Gasteiger partial charge in [-0.2, -0.15) is 0 Å². The maximum Gasteiger partial charge on any atom is 0.272 e. The second-order valence-electron chi connectivity index (χ2n) is 4.77. The lowest BCUT2D eigenvalue weighted by molar-refractivity contribution is 0.100. The highest BCUT2D eigenvalue weighted by atomic mass is 35.5. The second-order valence-corrected chi connectivity index (χ2v) is 5.61. The number of hydrogen-bond donors (Lipinski definition) is 2. The lowest BCUT2D eigenvalue weighted by Gasteiger charge is -2.06. The van der Waals surface area contributed by atoms with Crippen molar-refractivity contribution < 1.29 is 4.79 Å². The summed E-state index contributed by atoms with van der Waals surface area (Å²) in [6, 6.07) is 11.4. The van der Waals surface area contributed by atoms with E-state index in [1.807, 2.05) is 12.1 Å². The number of carbonyl (C=O) groups excluding carboxylic acids is 1. The number of primary amides is 1. The standard InChI is InChI=1S/C15H10Cl2N3O2/c16-9-3-1-8(2-4-9)7-20-12-6-10(17)5-11(14(18)21)13(12)15(22)19-20/h1-4,6H,7H2,(H2,18,21)(H,19,22). The second kappa shape index (κ2) is 5.51. The van der Waals surface area contributed by atoms with Gasteiger partial charge in [-0.15, -0.1) is 0 Å². The lowest BCUT2D eigenvalue weighted by atomic mass is 10.1. The summed E-state index contributed by atoms with van der Waals surface area (Å²) in [5.74, 6) is -0.748. The van der Waals surface area contributed by atoms with Crippen LogP contribution in [0.15, 0.2) is 35.1 Å². The average Bonchev–Trinajstić information content (AvgIpc) is 2.77. The highest BCUT2D eigenvalue weighted by molar-refractivity contribution is 6.32. The van der Waals surface area contributed by atoms with Crippen molar-refractivity contribution in [1.29, 1.82) is 0 Å². The van der Waals surface area contributed by atoms with E-state index in [0.717, 1.165) is 5.56 Å². The molecule has 5 nitrogen and oxygen atoms in total. The Balaban J connectivity index is 2.17. The van der Waals surface area contributed by atoms with Gasteiger partial charge in [-0.1, -0.05) is 35.3 Å². The molecule has 0 aliphatic carbocycles. The molecule has 0 atom stereocenters. The van der Waals surface area contributed by atoms with Crippen LogP contribution in [0.25, 0.3) is 10.9 Å². The van der Waals surface area contributed by atoms with Crippen LogP contribution in [0, 0.1) is 6.07 Å². The fourth-order valence-electron chi connectivity index (χ4n) is 2.30. The molecule has 3 rings (SSSR count). The minimum Gasteiger partial charge on any atom is -0.366 e. The Kier molecular flexibility index (Phi) is 3.68. The quantitative estimate of drug-likeness (QED) is 0.771. The van der Waals surface area contributed by atoms with Crippen LogP contribution in [-0.4, -0.2) is 15.7 Å². The van der Waals surface area contributed by atoms with Crippen LogP contribution in [0.5, 0.6) is 0 Å². The summed E-state index contributed by atoms with van der Waals surface area (Å²) in [6.07, 6.45) is 0. The number of hydrogen-bond acceptors (Lipinski definition) is 2. The maximum absolute atomic E-state index is 12.1. The van der Waals surface area contributed by atoms with Gasteiger partial charge in [0.2, 0.25) is 5.91 Å². The molecule has 0 bridgehead atoms. The van der Waals surface area contributed by atoms with Gasteiger partial charge in [0.25, 0.3) is 5.56 Å². The molecular weight excluding hydrogens is 325 g/mol. The number of aromatic nitrogens is 2. The molecule has 0 spiro atoms. The number of benzene rings is 2. The molecule has 1 heterocycles. The summed E-state index contributed by atoms with van der Waals surface area (Å²) < 4.78 is 1.60. The van der Waals surface area contributed by atoms with Crippen molar-refractivity contribution in [3.8, 4) is 0 Å². The van der Waals surface area contributed by atoms with Crippen LogP contribution in [0.4, 0.5) is 0 Å². The lowest BCUT2D eigenvalue weighted by Crippen LogP contribution is -2.14. The van der Waals surface area contributed by atoms with Crippen LogP contribution in [-0.2, 0) is 6.54 Å². The number of nitrogens with zero attached hydrogens (tertiary/aromatic N) is 1. The number of H-pyrrole nitrogens is 1. The third-order valence-corrected chi connectivity index (χ3v) is 3.72. The monoisotopic (exact) mass is 334 g/mol. The largest absolute Gasteiger partial charge is 0.366 e. The van der Waals surface area contributed by atoms with E-state index in [1.165, 1.54) is 0 Å². The van der Waals surface area contributed by atoms with Gasteiger partial charge in [-0.25, -0.2) is 0 Å². The molecule has 0 saturated carbocycles. The van der Waals surface area contributed by atoms with E-state index >= 15 is 0 Å². The average molecular weight is 335 g/mol. The number of nitrogens with one attached hydrogen (secondary N) is 1. The van der Waals surface area contributed by atoms with Gasteiger partial charge in [-0.05, 0) is 23.8 Å². The number of carbonyl (C=O) groups is 1. The summed E-state index contributed by atoms with van der Waals surface area (Å²) in [5, 5.41) is 3.71. The molecule has 1 radical (unpaired) electrons. The van der Waals surface area contributed by atoms with Crippen molar-refractivity contribution >= 4 is 40.0 Å². The van der Waals surface area contributed by atoms with Crippen LogP contribution in [0.1, 0.15) is 15.9 Å². The number of aromatic amines is 1. The van der Waals surface area contributed by atoms with Crippen LogP contribution in [0.2, 0.25) is 10.0 Å². The first kappa shape index (κ1) is 14.7. The van der Waals surface area contributed by atoms with Crippen molar-refractivity contribution in [3.63, 3.8) is 0 Å². The number of rotatable bonds is 3. The highest BCUT2D eigenvalue weighted by Gasteiger charge is 2.16. The molecular formula is C15H10Cl2N3O2. The smallest absolute Gasteiger partial charge is 0.272 e. The van der Waals surface area contributed by atoms with Gasteiger partial charge in [0.15, 0.2) is 0 Å². The predicted octanol–water partition coefficient (Wildman–Crippen LogP) is 2.58. The summed E-state index contributed by atoms with van der Waals surface area (Å²) in [4.78, 5) is 23.6. The number of amides is 1. The normalized spacial score (nSPS) is 11.0. The number of nitrogens with two attached hydrogens (primary N) is 1. The number of fused-ring (bicyclic) bond motifs is 1.